The molecule has 0 fully saturated rings. The maximum atomic E-state index is 8.84. The Labute approximate surface area is 65.6 Å². The number of halogens is 1. The minimum atomic E-state index is -0.111. The molecule has 0 radical (unpaired) electrons. The molecule has 1 atom stereocenters. The largest absolute Gasteiger partial charge is 0.393 e. The summed E-state index contributed by atoms with van der Waals surface area (Å²) >= 11 is 3.35. The second-order valence-corrected chi connectivity index (χ2v) is 3.18. The molecule has 0 saturated heterocycles. The van der Waals surface area contributed by atoms with Gasteiger partial charge in [0.2, 0.25) is 0 Å². The number of unbranched alkanes of at least 4 members (excludes halogenated alkanes) is 2. The highest BCUT2D eigenvalue weighted by atomic mass is 79.9. The van der Waals surface area contributed by atoms with E-state index in [0.717, 1.165) is 18.2 Å². The maximum Gasteiger partial charge on any atom is 0.0512 e. The molecule has 1 nitrogen and oxygen atoms in total. The van der Waals surface area contributed by atoms with E-state index >= 15 is 0 Å². The number of hydrogen-bond donors (Lipinski definition) is 1. The van der Waals surface area contributed by atoms with Crippen molar-refractivity contribution in [2.45, 2.75) is 38.7 Å². The molecule has 0 aromatic heterocycles. The second-order valence-electron chi connectivity index (χ2n) is 2.39. The van der Waals surface area contributed by atoms with Crippen LogP contribution in [0.25, 0.3) is 0 Å². The Hall–Kier alpha value is 0.440. The molecular formula is C7H15BrO. The van der Waals surface area contributed by atoms with E-state index in [0.29, 0.717) is 0 Å². The summed E-state index contributed by atoms with van der Waals surface area (Å²) in [5, 5.41) is 9.93. The van der Waals surface area contributed by atoms with Crippen LogP contribution in [0, 0.1) is 0 Å². The lowest BCUT2D eigenvalue weighted by Crippen LogP contribution is -1.98. The molecule has 0 aromatic carbocycles. The standard InChI is InChI=1S/C7H15BrO/c1-7(9)5-3-2-4-6-8/h7,9H,2-6H2,1H3/t7-/m1/s1. The number of aliphatic hydroxyl groups excluding tert-OH is 1. The molecule has 9 heavy (non-hydrogen) atoms. The number of hydrogen-bond acceptors (Lipinski definition) is 1. The van der Waals surface area contributed by atoms with Crippen molar-refractivity contribution in [1.29, 1.82) is 0 Å². The van der Waals surface area contributed by atoms with Gasteiger partial charge in [-0.05, 0) is 19.8 Å². The molecule has 0 aliphatic rings. The van der Waals surface area contributed by atoms with E-state index in [1.165, 1.54) is 12.8 Å². The third-order valence-corrected chi connectivity index (χ3v) is 1.82. The van der Waals surface area contributed by atoms with Gasteiger partial charge in [-0.3, -0.25) is 0 Å². The van der Waals surface area contributed by atoms with Crippen LogP contribution in [-0.4, -0.2) is 16.5 Å². The first-order valence-electron chi connectivity index (χ1n) is 3.51. The van der Waals surface area contributed by atoms with Crippen molar-refractivity contribution < 1.29 is 5.11 Å². The fourth-order valence-electron chi connectivity index (χ4n) is 0.711. The highest BCUT2D eigenvalue weighted by molar-refractivity contribution is 9.09. The van der Waals surface area contributed by atoms with E-state index in [1.807, 2.05) is 6.92 Å². The number of alkyl halides is 1. The highest BCUT2D eigenvalue weighted by Gasteiger charge is 1.93. The zero-order chi connectivity index (χ0) is 7.11. The van der Waals surface area contributed by atoms with Gasteiger partial charge in [-0.25, -0.2) is 0 Å². The van der Waals surface area contributed by atoms with Crippen LogP contribution < -0.4 is 0 Å². The third kappa shape index (κ3) is 8.44. The zero-order valence-electron chi connectivity index (χ0n) is 5.94. The molecule has 0 rings (SSSR count). The summed E-state index contributed by atoms with van der Waals surface area (Å²) in [5.74, 6) is 0. The van der Waals surface area contributed by atoms with Gasteiger partial charge in [0.25, 0.3) is 0 Å². The lowest BCUT2D eigenvalue weighted by atomic mass is 10.1. The lowest BCUT2D eigenvalue weighted by molar-refractivity contribution is 0.180. The molecule has 56 valence electrons. The molecule has 0 heterocycles. The average molecular weight is 195 g/mol. The van der Waals surface area contributed by atoms with Crippen LogP contribution in [0.2, 0.25) is 0 Å². The first kappa shape index (κ1) is 9.44. The molecule has 0 unspecified atom stereocenters. The monoisotopic (exact) mass is 194 g/mol. The molecule has 0 amide bonds. The van der Waals surface area contributed by atoms with Crippen LogP contribution in [0.4, 0.5) is 0 Å². The first-order valence-corrected chi connectivity index (χ1v) is 4.63. The minimum absolute atomic E-state index is 0.111. The van der Waals surface area contributed by atoms with Gasteiger partial charge in [0.05, 0.1) is 6.10 Å². The Morgan fingerprint density at radius 1 is 1.33 bits per heavy atom. The van der Waals surface area contributed by atoms with Crippen molar-refractivity contribution >= 4 is 15.9 Å². The Kier molecular flexibility index (Phi) is 6.88. The fraction of sp³-hybridized carbons (Fsp3) is 1.00. The summed E-state index contributed by atoms with van der Waals surface area (Å²) in [6.07, 6.45) is 4.46. The van der Waals surface area contributed by atoms with E-state index in [-0.39, 0.29) is 6.10 Å². The van der Waals surface area contributed by atoms with Gasteiger partial charge in [-0.2, -0.15) is 0 Å². The van der Waals surface area contributed by atoms with Crippen LogP contribution in [0.1, 0.15) is 32.6 Å². The SMILES string of the molecule is C[C@@H](O)CCCCCBr. The summed E-state index contributed by atoms with van der Waals surface area (Å²) in [6.45, 7) is 1.84. The lowest BCUT2D eigenvalue weighted by Gasteiger charge is -2.01. The van der Waals surface area contributed by atoms with E-state index in [1.54, 1.807) is 0 Å². The smallest absolute Gasteiger partial charge is 0.0512 e. The highest BCUT2D eigenvalue weighted by Crippen LogP contribution is 2.03. The Balaban J connectivity index is 2.75. The van der Waals surface area contributed by atoms with Gasteiger partial charge < -0.3 is 5.11 Å². The summed E-state index contributed by atoms with van der Waals surface area (Å²) in [6, 6.07) is 0. The average Bonchev–Trinajstić information content (AvgIpc) is 1.80. The molecule has 0 saturated carbocycles. The van der Waals surface area contributed by atoms with Crippen LogP contribution in [0.15, 0.2) is 0 Å². The Bertz CT molecular complexity index is 54.9. The van der Waals surface area contributed by atoms with Gasteiger partial charge in [0, 0.05) is 5.33 Å². The molecule has 0 spiro atoms. The summed E-state index contributed by atoms with van der Waals surface area (Å²) in [7, 11) is 0. The molecule has 1 N–H and O–H groups in total. The van der Waals surface area contributed by atoms with E-state index in [4.69, 9.17) is 5.11 Å². The van der Waals surface area contributed by atoms with Crippen molar-refractivity contribution in [2.75, 3.05) is 5.33 Å². The van der Waals surface area contributed by atoms with Crippen LogP contribution >= 0.6 is 15.9 Å². The van der Waals surface area contributed by atoms with Crippen LogP contribution in [0.3, 0.4) is 0 Å². The van der Waals surface area contributed by atoms with Gasteiger partial charge in [-0.1, -0.05) is 28.8 Å². The summed E-state index contributed by atoms with van der Waals surface area (Å²) in [5.41, 5.74) is 0. The minimum Gasteiger partial charge on any atom is -0.393 e. The van der Waals surface area contributed by atoms with Crippen molar-refractivity contribution in [3.63, 3.8) is 0 Å². The Morgan fingerprint density at radius 2 is 2.00 bits per heavy atom. The van der Waals surface area contributed by atoms with Crippen molar-refractivity contribution in [3.8, 4) is 0 Å². The molecule has 0 aromatic rings. The second kappa shape index (κ2) is 6.56. The van der Waals surface area contributed by atoms with Crippen molar-refractivity contribution in [3.05, 3.63) is 0 Å². The maximum absolute atomic E-state index is 8.84. The van der Waals surface area contributed by atoms with Gasteiger partial charge in [0.1, 0.15) is 0 Å². The van der Waals surface area contributed by atoms with Crippen molar-refractivity contribution in [2.24, 2.45) is 0 Å². The third-order valence-electron chi connectivity index (χ3n) is 1.26. The first-order chi connectivity index (χ1) is 4.27. The molecule has 0 aliphatic heterocycles. The zero-order valence-corrected chi connectivity index (χ0v) is 7.52. The summed E-state index contributed by atoms with van der Waals surface area (Å²) < 4.78 is 0. The predicted molar refractivity (Wildman–Crippen MR) is 43.9 cm³/mol. The number of rotatable bonds is 5. The predicted octanol–water partition coefficient (Wildman–Crippen LogP) is 2.32. The van der Waals surface area contributed by atoms with E-state index in [2.05, 4.69) is 15.9 Å². The quantitative estimate of drug-likeness (QED) is 0.527. The Morgan fingerprint density at radius 3 is 2.44 bits per heavy atom. The van der Waals surface area contributed by atoms with Gasteiger partial charge >= 0.3 is 0 Å². The topological polar surface area (TPSA) is 20.2 Å². The molecule has 2 heteroatoms. The normalized spacial score (nSPS) is 13.7. The molecular weight excluding hydrogens is 180 g/mol. The van der Waals surface area contributed by atoms with Crippen molar-refractivity contribution in [1.82, 2.24) is 0 Å². The van der Waals surface area contributed by atoms with Gasteiger partial charge in [-0.15, -0.1) is 0 Å². The summed E-state index contributed by atoms with van der Waals surface area (Å²) in [4.78, 5) is 0. The fourth-order valence-corrected chi connectivity index (χ4v) is 1.11. The molecule has 0 aliphatic carbocycles. The van der Waals surface area contributed by atoms with E-state index < -0.39 is 0 Å². The van der Waals surface area contributed by atoms with Crippen LogP contribution in [0.5, 0.6) is 0 Å². The van der Waals surface area contributed by atoms with Gasteiger partial charge in [0.15, 0.2) is 0 Å². The van der Waals surface area contributed by atoms with E-state index in [9.17, 15) is 0 Å². The number of aliphatic hydroxyl groups is 1. The van der Waals surface area contributed by atoms with Crippen LogP contribution in [-0.2, 0) is 0 Å². The molecule has 0 bridgehead atoms.